The van der Waals surface area contributed by atoms with Crippen LogP contribution in [-0.2, 0) is 0 Å². The molecule has 0 amide bonds. The third kappa shape index (κ3) is 3.32. The van der Waals surface area contributed by atoms with Crippen molar-refractivity contribution in [2.75, 3.05) is 18.0 Å². The second kappa shape index (κ2) is 7.71. The summed E-state index contributed by atoms with van der Waals surface area (Å²) in [6.45, 7) is 1.58. The van der Waals surface area contributed by atoms with Gasteiger partial charge in [0.2, 0.25) is 0 Å². The van der Waals surface area contributed by atoms with Gasteiger partial charge in [-0.15, -0.1) is 0 Å². The number of pyridine rings is 2. The molecule has 0 spiro atoms. The van der Waals surface area contributed by atoms with Crippen LogP contribution in [0.25, 0.3) is 55.8 Å². The summed E-state index contributed by atoms with van der Waals surface area (Å²) in [4.78, 5) is 24.0. The number of anilines is 1. The number of nitrogens with two attached hydrogens (primary N) is 1. The molecule has 6 aromatic rings. The molecule has 9 nitrogen and oxygen atoms in total. The first-order valence-corrected chi connectivity index (χ1v) is 11.4. The fraction of sp³-hybridized carbons (Fsp3) is 0.115. The van der Waals surface area contributed by atoms with Crippen molar-refractivity contribution in [2.24, 2.45) is 5.73 Å². The molecule has 6 heterocycles. The smallest absolute Gasteiger partial charge is 0.147 e. The number of aromatic amines is 2. The number of aromatic nitrogens is 7. The minimum atomic E-state index is 0.193. The molecule has 0 unspecified atom stereocenters. The van der Waals surface area contributed by atoms with Crippen molar-refractivity contribution in [3.8, 4) is 33.9 Å². The van der Waals surface area contributed by atoms with Crippen molar-refractivity contribution in [3.05, 3.63) is 73.3 Å². The zero-order chi connectivity index (χ0) is 23.4. The second-order valence-corrected chi connectivity index (χ2v) is 8.78. The molecule has 4 N–H and O–H groups in total. The molecule has 1 aromatic carbocycles. The number of fused-ring (bicyclic) bond motifs is 2. The first kappa shape index (κ1) is 19.8. The SMILES string of the molecule is NC1CN(c2cncc(-c3ccc4[nH]nc(-c5cc6c(-c7cccnc7)cccc6[nH]5)c4n3)n2)C1. The zero-order valence-corrected chi connectivity index (χ0v) is 18.7. The Morgan fingerprint density at radius 2 is 1.83 bits per heavy atom. The first-order chi connectivity index (χ1) is 17.2. The fourth-order valence-corrected chi connectivity index (χ4v) is 4.62. The summed E-state index contributed by atoms with van der Waals surface area (Å²) >= 11 is 0. The Morgan fingerprint density at radius 1 is 0.886 bits per heavy atom. The van der Waals surface area contributed by atoms with Crippen molar-refractivity contribution >= 4 is 27.8 Å². The van der Waals surface area contributed by atoms with E-state index in [4.69, 9.17) is 15.7 Å². The number of nitrogens with zero attached hydrogens (tertiary/aromatic N) is 6. The van der Waals surface area contributed by atoms with Crippen LogP contribution in [0.15, 0.2) is 73.3 Å². The molecule has 35 heavy (non-hydrogen) atoms. The van der Waals surface area contributed by atoms with Crippen LogP contribution in [0, 0.1) is 0 Å². The molecule has 0 saturated carbocycles. The molecule has 7 rings (SSSR count). The van der Waals surface area contributed by atoms with Crippen molar-refractivity contribution in [3.63, 3.8) is 0 Å². The summed E-state index contributed by atoms with van der Waals surface area (Å²) in [5.41, 5.74) is 13.9. The van der Waals surface area contributed by atoms with Crippen molar-refractivity contribution in [1.29, 1.82) is 0 Å². The molecule has 170 valence electrons. The van der Waals surface area contributed by atoms with Crippen molar-refractivity contribution in [2.45, 2.75) is 6.04 Å². The highest BCUT2D eigenvalue weighted by Gasteiger charge is 2.25. The summed E-state index contributed by atoms with van der Waals surface area (Å²) in [6.07, 6.45) is 7.16. The molecule has 1 saturated heterocycles. The Morgan fingerprint density at radius 3 is 2.69 bits per heavy atom. The highest BCUT2D eigenvalue weighted by Crippen LogP contribution is 2.34. The van der Waals surface area contributed by atoms with E-state index in [-0.39, 0.29) is 6.04 Å². The summed E-state index contributed by atoms with van der Waals surface area (Å²) < 4.78 is 0. The minimum Gasteiger partial charge on any atom is -0.353 e. The molecule has 0 aliphatic carbocycles. The van der Waals surface area contributed by atoms with E-state index < -0.39 is 0 Å². The Labute approximate surface area is 200 Å². The van der Waals surface area contributed by atoms with Crippen molar-refractivity contribution < 1.29 is 0 Å². The number of benzene rings is 1. The number of H-pyrrole nitrogens is 2. The summed E-state index contributed by atoms with van der Waals surface area (Å²) in [6, 6.07) is 16.4. The standard InChI is InChI=1S/C26H21N9/c27-16-13-35(14-16)24-12-29-11-23(31-24)20-6-7-21-25(32-20)26(34-33-21)22-9-18-17(4-1-5-19(18)30-22)15-3-2-8-28-10-15/h1-12,16,30H,13-14,27H2,(H,33,34). The fourth-order valence-electron chi connectivity index (χ4n) is 4.62. The lowest BCUT2D eigenvalue weighted by Gasteiger charge is -2.37. The number of nitrogens with one attached hydrogen (secondary N) is 2. The van der Waals surface area contributed by atoms with E-state index in [9.17, 15) is 0 Å². The third-order valence-corrected chi connectivity index (χ3v) is 6.42. The van der Waals surface area contributed by atoms with Gasteiger partial charge in [-0.05, 0) is 35.9 Å². The number of rotatable bonds is 4. The van der Waals surface area contributed by atoms with E-state index in [0.717, 1.165) is 69.1 Å². The largest absolute Gasteiger partial charge is 0.353 e. The summed E-state index contributed by atoms with van der Waals surface area (Å²) in [7, 11) is 0. The Balaban J connectivity index is 1.31. The predicted molar refractivity (Wildman–Crippen MR) is 136 cm³/mol. The van der Waals surface area contributed by atoms with Crippen LogP contribution in [0.1, 0.15) is 0 Å². The maximum atomic E-state index is 5.93. The molecule has 0 bridgehead atoms. The van der Waals surface area contributed by atoms with Crippen LogP contribution in [0.5, 0.6) is 0 Å². The van der Waals surface area contributed by atoms with Crippen LogP contribution in [0.4, 0.5) is 5.82 Å². The minimum absolute atomic E-state index is 0.193. The van der Waals surface area contributed by atoms with E-state index in [1.54, 1.807) is 18.6 Å². The topological polar surface area (TPSA) is 125 Å². The zero-order valence-electron chi connectivity index (χ0n) is 18.7. The molecule has 0 radical (unpaired) electrons. The van der Waals surface area contributed by atoms with E-state index in [0.29, 0.717) is 5.69 Å². The molecule has 5 aromatic heterocycles. The van der Waals surface area contributed by atoms with Crippen LogP contribution in [0.2, 0.25) is 0 Å². The monoisotopic (exact) mass is 459 g/mol. The maximum Gasteiger partial charge on any atom is 0.147 e. The van der Waals surface area contributed by atoms with E-state index in [2.05, 4.69) is 54.3 Å². The summed E-state index contributed by atoms with van der Waals surface area (Å²) in [5.74, 6) is 0.817. The molecule has 9 heteroatoms. The lowest BCUT2D eigenvalue weighted by Crippen LogP contribution is -2.56. The van der Waals surface area contributed by atoms with Gasteiger partial charge < -0.3 is 15.6 Å². The molecule has 1 fully saturated rings. The lowest BCUT2D eigenvalue weighted by atomic mass is 10.0. The molecular weight excluding hydrogens is 438 g/mol. The van der Waals surface area contributed by atoms with Gasteiger partial charge >= 0.3 is 0 Å². The molecule has 1 aliphatic heterocycles. The van der Waals surface area contributed by atoms with Gasteiger partial charge in [0.25, 0.3) is 0 Å². The van der Waals surface area contributed by atoms with Crippen LogP contribution >= 0.6 is 0 Å². The highest BCUT2D eigenvalue weighted by molar-refractivity contribution is 6.00. The van der Waals surface area contributed by atoms with E-state index >= 15 is 0 Å². The second-order valence-electron chi connectivity index (χ2n) is 8.78. The van der Waals surface area contributed by atoms with E-state index in [1.165, 1.54) is 0 Å². The maximum absolute atomic E-state index is 5.93. The van der Waals surface area contributed by atoms with Crippen LogP contribution < -0.4 is 10.6 Å². The lowest BCUT2D eigenvalue weighted by molar-refractivity contribution is 0.514. The van der Waals surface area contributed by atoms with Gasteiger partial charge in [-0.2, -0.15) is 5.10 Å². The van der Waals surface area contributed by atoms with Crippen molar-refractivity contribution in [1.82, 2.24) is 35.1 Å². The number of hydrogen-bond acceptors (Lipinski definition) is 7. The van der Waals surface area contributed by atoms with Gasteiger partial charge in [-0.3, -0.25) is 15.1 Å². The van der Waals surface area contributed by atoms with E-state index in [1.807, 2.05) is 30.5 Å². The van der Waals surface area contributed by atoms with Crippen LogP contribution in [0.3, 0.4) is 0 Å². The normalized spacial score (nSPS) is 14.0. The van der Waals surface area contributed by atoms with Gasteiger partial charge in [0, 0.05) is 48.0 Å². The Kier molecular flexibility index (Phi) is 4.36. The first-order valence-electron chi connectivity index (χ1n) is 11.4. The van der Waals surface area contributed by atoms with Gasteiger partial charge in [0.1, 0.15) is 22.7 Å². The molecular formula is C26H21N9. The van der Waals surface area contributed by atoms with Gasteiger partial charge in [0.15, 0.2) is 0 Å². The average molecular weight is 460 g/mol. The van der Waals surface area contributed by atoms with Gasteiger partial charge in [-0.25, -0.2) is 9.97 Å². The Hall–Kier alpha value is -4.63. The summed E-state index contributed by atoms with van der Waals surface area (Å²) in [5, 5.41) is 8.80. The quantitative estimate of drug-likeness (QED) is 0.366. The third-order valence-electron chi connectivity index (χ3n) is 6.42. The van der Waals surface area contributed by atoms with Gasteiger partial charge in [-0.1, -0.05) is 18.2 Å². The van der Waals surface area contributed by atoms with Crippen LogP contribution in [-0.4, -0.2) is 54.2 Å². The highest BCUT2D eigenvalue weighted by atomic mass is 15.3. The number of hydrogen-bond donors (Lipinski definition) is 3. The predicted octanol–water partition coefficient (Wildman–Crippen LogP) is 3.77. The average Bonchev–Trinajstić information content (AvgIpc) is 3.51. The molecule has 0 atom stereocenters. The molecule has 1 aliphatic rings. The van der Waals surface area contributed by atoms with Gasteiger partial charge in [0.05, 0.1) is 29.3 Å². The Bertz CT molecular complexity index is 1680.